The second kappa shape index (κ2) is 8.05. The van der Waals surface area contributed by atoms with E-state index in [1.807, 2.05) is 6.92 Å². The van der Waals surface area contributed by atoms with Crippen LogP contribution < -0.4 is 5.32 Å². The number of nitrogens with zero attached hydrogens (tertiary/aromatic N) is 3. The van der Waals surface area contributed by atoms with E-state index in [1.54, 1.807) is 6.07 Å². The summed E-state index contributed by atoms with van der Waals surface area (Å²) in [4.78, 5) is 34.6. The van der Waals surface area contributed by atoms with Gasteiger partial charge in [0.2, 0.25) is 5.91 Å². The zero-order valence-electron chi connectivity index (χ0n) is 15.1. The normalized spacial score (nSPS) is 11.3. The Morgan fingerprint density at radius 2 is 2.19 bits per heavy atom. The standard InChI is InChI=1S/C17H19N5O3S2/c1-9(2)6-13-10(3)18-16(20-13)26-8-15(23)21-17-19-12-5-4-11(22(24)25)7-14(12)27-17/h4-5,7,9H,6,8H2,1-3H3,(H,18,20)(H,19,21,23). The van der Waals surface area contributed by atoms with Gasteiger partial charge in [0, 0.05) is 17.8 Å². The predicted octanol–water partition coefficient (Wildman–Crippen LogP) is 4.17. The van der Waals surface area contributed by atoms with Gasteiger partial charge in [-0.3, -0.25) is 14.9 Å². The molecule has 8 nitrogen and oxygen atoms in total. The van der Waals surface area contributed by atoms with Crippen LogP contribution in [0.1, 0.15) is 25.2 Å². The molecule has 0 bridgehead atoms. The number of nitrogens with one attached hydrogen (secondary N) is 2. The highest BCUT2D eigenvalue weighted by Gasteiger charge is 2.14. The first-order chi connectivity index (χ1) is 12.8. The zero-order valence-corrected chi connectivity index (χ0v) is 16.7. The number of thioether (sulfide) groups is 1. The van der Waals surface area contributed by atoms with Gasteiger partial charge in [-0.05, 0) is 25.3 Å². The maximum atomic E-state index is 12.2. The highest BCUT2D eigenvalue weighted by molar-refractivity contribution is 7.99. The van der Waals surface area contributed by atoms with E-state index < -0.39 is 4.92 Å². The molecule has 2 heterocycles. The molecule has 0 spiro atoms. The number of carbonyl (C=O) groups is 1. The van der Waals surface area contributed by atoms with Gasteiger partial charge in [0.05, 0.1) is 26.6 Å². The van der Waals surface area contributed by atoms with E-state index in [4.69, 9.17) is 0 Å². The molecule has 0 fully saturated rings. The van der Waals surface area contributed by atoms with Crippen LogP contribution in [-0.2, 0) is 11.2 Å². The number of thiazole rings is 1. The number of hydrogen-bond acceptors (Lipinski definition) is 7. The first kappa shape index (κ1) is 19.3. The molecule has 3 rings (SSSR count). The summed E-state index contributed by atoms with van der Waals surface area (Å²) < 4.78 is 0.659. The van der Waals surface area contributed by atoms with E-state index in [1.165, 1.54) is 35.2 Å². The number of carbonyl (C=O) groups excluding carboxylic acids is 1. The van der Waals surface area contributed by atoms with Crippen LogP contribution in [0.2, 0.25) is 0 Å². The molecular weight excluding hydrogens is 386 g/mol. The van der Waals surface area contributed by atoms with Crippen LogP contribution in [0.5, 0.6) is 0 Å². The molecular formula is C17H19N5O3S2. The minimum atomic E-state index is -0.451. The Bertz CT molecular complexity index is 996. The fraction of sp³-hybridized carbons (Fsp3) is 0.353. The van der Waals surface area contributed by atoms with Crippen LogP contribution in [0.25, 0.3) is 10.2 Å². The number of imidazole rings is 1. The second-order valence-corrected chi connectivity index (χ2v) is 8.47. The van der Waals surface area contributed by atoms with Crippen LogP contribution in [0.4, 0.5) is 10.8 Å². The van der Waals surface area contributed by atoms with Crippen LogP contribution in [0.15, 0.2) is 23.4 Å². The minimum absolute atomic E-state index is 0.00460. The van der Waals surface area contributed by atoms with Gasteiger partial charge in [-0.25, -0.2) is 9.97 Å². The number of H-pyrrole nitrogens is 1. The SMILES string of the molecule is Cc1[nH]c(SCC(=O)Nc2nc3ccc([N+](=O)[O-])cc3s2)nc1CC(C)C. The van der Waals surface area contributed by atoms with Gasteiger partial charge in [0.1, 0.15) is 0 Å². The van der Waals surface area contributed by atoms with Crippen LogP contribution in [0.3, 0.4) is 0 Å². The molecule has 0 unspecified atom stereocenters. The number of nitro groups is 1. The van der Waals surface area contributed by atoms with Gasteiger partial charge >= 0.3 is 0 Å². The summed E-state index contributed by atoms with van der Waals surface area (Å²) in [5.74, 6) is 0.514. The van der Waals surface area contributed by atoms with Crippen molar-refractivity contribution in [1.82, 2.24) is 15.0 Å². The lowest BCUT2D eigenvalue weighted by Crippen LogP contribution is -2.13. The van der Waals surface area contributed by atoms with Crippen LogP contribution in [-0.4, -0.2) is 31.5 Å². The van der Waals surface area contributed by atoms with Crippen molar-refractivity contribution >= 4 is 50.0 Å². The Balaban J connectivity index is 1.61. The summed E-state index contributed by atoms with van der Waals surface area (Å²) in [6.07, 6.45) is 0.896. The first-order valence-corrected chi connectivity index (χ1v) is 10.1. The largest absolute Gasteiger partial charge is 0.337 e. The number of aromatic nitrogens is 3. The maximum absolute atomic E-state index is 12.2. The lowest BCUT2D eigenvalue weighted by molar-refractivity contribution is -0.384. The van der Waals surface area contributed by atoms with E-state index >= 15 is 0 Å². The molecule has 142 valence electrons. The van der Waals surface area contributed by atoms with Crippen molar-refractivity contribution in [2.24, 2.45) is 5.92 Å². The Morgan fingerprint density at radius 1 is 1.41 bits per heavy atom. The molecule has 10 heteroatoms. The van der Waals surface area contributed by atoms with E-state index in [0.29, 0.717) is 21.3 Å². The number of aryl methyl sites for hydroxylation is 1. The van der Waals surface area contributed by atoms with E-state index in [9.17, 15) is 14.9 Å². The molecule has 0 saturated heterocycles. The molecule has 0 aliphatic carbocycles. The number of non-ortho nitro benzene ring substituents is 1. The van der Waals surface area contributed by atoms with Crippen LogP contribution in [0, 0.1) is 23.0 Å². The molecule has 0 atom stereocenters. The summed E-state index contributed by atoms with van der Waals surface area (Å²) in [5.41, 5.74) is 2.68. The number of amides is 1. The third-order valence-corrected chi connectivity index (χ3v) is 5.54. The average Bonchev–Trinajstić information content (AvgIpc) is 3.14. The number of nitro benzene ring substituents is 1. The monoisotopic (exact) mass is 405 g/mol. The van der Waals surface area contributed by atoms with Crippen molar-refractivity contribution < 1.29 is 9.72 Å². The number of hydrogen-bond donors (Lipinski definition) is 2. The summed E-state index contributed by atoms with van der Waals surface area (Å²) in [5, 5.41) is 14.7. The molecule has 2 N–H and O–H groups in total. The highest BCUT2D eigenvalue weighted by Crippen LogP contribution is 2.29. The molecule has 3 aromatic rings. The van der Waals surface area contributed by atoms with Crippen molar-refractivity contribution in [1.29, 1.82) is 0 Å². The Hall–Kier alpha value is -2.46. The maximum Gasteiger partial charge on any atom is 0.270 e. The van der Waals surface area contributed by atoms with E-state index in [2.05, 4.69) is 34.1 Å². The van der Waals surface area contributed by atoms with Crippen molar-refractivity contribution in [3.8, 4) is 0 Å². The number of fused-ring (bicyclic) bond motifs is 1. The molecule has 0 aliphatic heterocycles. The molecule has 1 aromatic carbocycles. The van der Waals surface area contributed by atoms with Crippen molar-refractivity contribution in [2.45, 2.75) is 32.3 Å². The minimum Gasteiger partial charge on any atom is -0.337 e. The number of benzene rings is 1. The second-order valence-electron chi connectivity index (χ2n) is 6.48. The van der Waals surface area contributed by atoms with Gasteiger partial charge in [0.25, 0.3) is 5.69 Å². The first-order valence-electron chi connectivity index (χ1n) is 8.35. The number of anilines is 1. The quantitative estimate of drug-likeness (QED) is 0.346. The lowest BCUT2D eigenvalue weighted by Gasteiger charge is -2.01. The summed E-state index contributed by atoms with van der Waals surface area (Å²) in [7, 11) is 0. The third-order valence-electron chi connectivity index (χ3n) is 3.73. The van der Waals surface area contributed by atoms with Gasteiger partial charge < -0.3 is 10.3 Å². The topological polar surface area (TPSA) is 114 Å². The van der Waals surface area contributed by atoms with Gasteiger partial charge in [-0.2, -0.15) is 0 Å². The van der Waals surface area contributed by atoms with Gasteiger partial charge in [-0.15, -0.1) is 0 Å². The van der Waals surface area contributed by atoms with E-state index in [0.717, 1.165) is 23.0 Å². The molecule has 1 amide bonds. The molecule has 2 aromatic heterocycles. The van der Waals surface area contributed by atoms with Crippen molar-refractivity contribution in [3.05, 3.63) is 39.7 Å². The Labute approximate surface area is 164 Å². The fourth-order valence-electron chi connectivity index (χ4n) is 2.49. The summed E-state index contributed by atoms with van der Waals surface area (Å²) in [6, 6.07) is 4.44. The molecule has 0 radical (unpaired) electrons. The van der Waals surface area contributed by atoms with Crippen LogP contribution >= 0.6 is 23.1 Å². The Kier molecular flexibility index (Phi) is 5.76. The lowest BCUT2D eigenvalue weighted by atomic mass is 10.1. The van der Waals surface area contributed by atoms with E-state index in [-0.39, 0.29) is 17.3 Å². The smallest absolute Gasteiger partial charge is 0.270 e. The molecule has 0 aliphatic rings. The fourth-order valence-corrected chi connectivity index (χ4v) is 4.15. The third kappa shape index (κ3) is 4.83. The Morgan fingerprint density at radius 3 is 2.89 bits per heavy atom. The number of rotatable bonds is 7. The van der Waals surface area contributed by atoms with Crippen molar-refractivity contribution in [3.63, 3.8) is 0 Å². The van der Waals surface area contributed by atoms with Gasteiger partial charge in [-0.1, -0.05) is 36.9 Å². The number of aromatic amines is 1. The molecule has 0 saturated carbocycles. The summed E-state index contributed by atoms with van der Waals surface area (Å²) >= 11 is 2.54. The van der Waals surface area contributed by atoms with Crippen molar-refractivity contribution in [2.75, 3.05) is 11.1 Å². The predicted molar refractivity (Wildman–Crippen MR) is 107 cm³/mol. The summed E-state index contributed by atoms with van der Waals surface area (Å²) in [6.45, 7) is 6.26. The molecule has 27 heavy (non-hydrogen) atoms. The highest BCUT2D eigenvalue weighted by atomic mass is 32.2. The average molecular weight is 406 g/mol. The van der Waals surface area contributed by atoms with Gasteiger partial charge in [0.15, 0.2) is 10.3 Å². The zero-order chi connectivity index (χ0) is 19.6.